The molecule has 0 bridgehead atoms. The Kier molecular flexibility index (Phi) is 3.00. The Labute approximate surface area is 78.5 Å². The summed E-state index contributed by atoms with van der Waals surface area (Å²) in [5.41, 5.74) is -0.134. The monoisotopic (exact) mass is 187 g/mol. The van der Waals surface area contributed by atoms with Crippen LogP contribution in [0, 0.1) is 0 Å². The van der Waals surface area contributed by atoms with Crippen molar-refractivity contribution in [2.45, 2.75) is 12.5 Å². The van der Waals surface area contributed by atoms with Crippen molar-refractivity contribution in [2.75, 3.05) is 13.2 Å². The Morgan fingerprint density at radius 1 is 1.50 bits per heavy atom. The van der Waals surface area contributed by atoms with Gasteiger partial charge in [-0.15, -0.1) is 0 Å². The van der Waals surface area contributed by atoms with Crippen LogP contribution < -0.4 is 0 Å². The molecule has 3 nitrogen and oxygen atoms in total. The first kappa shape index (κ1) is 9.42. The first-order valence-corrected chi connectivity index (χ1v) is 4.36. The number of alkyl halides is 1. The molecule has 0 radical (unpaired) electrons. The maximum absolute atomic E-state index is 6.11. The minimum atomic E-state index is -0.134. The van der Waals surface area contributed by atoms with E-state index in [1.165, 1.54) is 0 Å². The fourth-order valence-corrected chi connectivity index (χ4v) is 1.60. The SMILES string of the molecule is C=CN1CN(CC)C(Cl)N1C=C. The minimum Gasteiger partial charge on any atom is -0.277 e. The summed E-state index contributed by atoms with van der Waals surface area (Å²) >= 11 is 6.11. The van der Waals surface area contributed by atoms with Crippen molar-refractivity contribution in [1.82, 2.24) is 14.9 Å². The zero-order valence-corrected chi connectivity index (χ0v) is 8.04. The Hall–Kier alpha value is -0.670. The van der Waals surface area contributed by atoms with Gasteiger partial charge in [-0.1, -0.05) is 31.7 Å². The van der Waals surface area contributed by atoms with E-state index in [1.807, 2.05) is 10.0 Å². The number of halogens is 1. The smallest absolute Gasteiger partial charge is 0.179 e. The molecular weight excluding hydrogens is 174 g/mol. The van der Waals surface area contributed by atoms with E-state index in [-0.39, 0.29) is 5.62 Å². The molecule has 0 amide bonds. The summed E-state index contributed by atoms with van der Waals surface area (Å²) in [5, 5.41) is 3.77. The highest BCUT2D eigenvalue weighted by molar-refractivity contribution is 6.20. The van der Waals surface area contributed by atoms with E-state index in [1.54, 1.807) is 12.4 Å². The summed E-state index contributed by atoms with van der Waals surface area (Å²) in [7, 11) is 0. The molecule has 1 fully saturated rings. The van der Waals surface area contributed by atoms with Gasteiger partial charge in [0.2, 0.25) is 0 Å². The molecule has 0 aromatic heterocycles. The summed E-state index contributed by atoms with van der Waals surface area (Å²) in [6.45, 7) is 11.2. The lowest BCUT2D eigenvalue weighted by Gasteiger charge is -2.24. The van der Waals surface area contributed by atoms with Gasteiger partial charge < -0.3 is 0 Å². The lowest BCUT2D eigenvalue weighted by Crippen LogP contribution is -2.32. The summed E-state index contributed by atoms with van der Waals surface area (Å²) in [5.74, 6) is 0. The third-order valence-corrected chi connectivity index (χ3v) is 2.42. The first-order chi connectivity index (χ1) is 5.74. The van der Waals surface area contributed by atoms with Gasteiger partial charge in [0.1, 0.15) is 0 Å². The number of rotatable bonds is 3. The van der Waals surface area contributed by atoms with Crippen LogP contribution in [0.1, 0.15) is 6.92 Å². The van der Waals surface area contributed by atoms with Crippen LogP contribution in [0.15, 0.2) is 25.6 Å². The maximum Gasteiger partial charge on any atom is 0.179 e. The Bertz CT molecular complexity index is 183. The van der Waals surface area contributed by atoms with Gasteiger partial charge in [-0.2, -0.15) is 0 Å². The third-order valence-electron chi connectivity index (χ3n) is 1.95. The molecule has 1 rings (SSSR count). The van der Waals surface area contributed by atoms with Crippen molar-refractivity contribution in [2.24, 2.45) is 0 Å². The third kappa shape index (κ3) is 1.42. The van der Waals surface area contributed by atoms with Gasteiger partial charge in [0.25, 0.3) is 0 Å². The average Bonchev–Trinajstić information content (AvgIpc) is 2.41. The zero-order valence-electron chi connectivity index (χ0n) is 7.28. The Morgan fingerprint density at radius 3 is 2.50 bits per heavy atom. The first-order valence-electron chi connectivity index (χ1n) is 3.92. The van der Waals surface area contributed by atoms with Crippen LogP contribution in [0.2, 0.25) is 0 Å². The lowest BCUT2D eigenvalue weighted by atomic mass is 10.6. The van der Waals surface area contributed by atoms with Gasteiger partial charge >= 0.3 is 0 Å². The van der Waals surface area contributed by atoms with E-state index in [4.69, 9.17) is 11.6 Å². The molecule has 1 saturated heterocycles. The largest absolute Gasteiger partial charge is 0.277 e. The molecule has 0 N–H and O–H groups in total. The highest BCUT2D eigenvalue weighted by Crippen LogP contribution is 2.21. The molecule has 0 aromatic rings. The topological polar surface area (TPSA) is 9.72 Å². The Balaban J connectivity index is 2.70. The molecule has 12 heavy (non-hydrogen) atoms. The van der Waals surface area contributed by atoms with Gasteiger partial charge in [0.15, 0.2) is 5.62 Å². The van der Waals surface area contributed by atoms with Crippen molar-refractivity contribution in [3.05, 3.63) is 25.6 Å². The zero-order chi connectivity index (χ0) is 9.14. The number of hydrogen-bond donors (Lipinski definition) is 0. The fraction of sp³-hybridized carbons (Fsp3) is 0.500. The van der Waals surface area contributed by atoms with Gasteiger partial charge in [0, 0.05) is 18.9 Å². The molecule has 0 spiro atoms. The van der Waals surface area contributed by atoms with E-state index in [2.05, 4.69) is 25.0 Å². The number of hydrazine groups is 1. The summed E-state index contributed by atoms with van der Waals surface area (Å²) < 4.78 is 0. The van der Waals surface area contributed by atoms with Crippen molar-refractivity contribution in [3.8, 4) is 0 Å². The van der Waals surface area contributed by atoms with E-state index < -0.39 is 0 Å². The molecule has 1 aliphatic heterocycles. The van der Waals surface area contributed by atoms with Gasteiger partial charge in [-0.3, -0.25) is 10.0 Å². The highest BCUT2D eigenvalue weighted by Gasteiger charge is 2.31. The molecule has 0 aliphatic carbocycles. The molecule has 1 atom stereocenters. The van der Waals surface area contributed by atoms with Crippen molar-refractivity contribution in [3.63, 3.8) is 0 Å². The minimum absolute atomic E-state index is 0.134. The molecule has 0 saturated carbocycles. The molecule has 68 valence electrons. The van der Waals surface area contributed by atoms with Crippen molar-refractivity contribution in [1.29, 1.82) is 0 Å². The molecule has 1 heterocycles. The molecule has 0 aromatic carbocycles. The second-order valence-electron chi connectivity index (χ2n) is 2.54. The second kappa shape index (κ2) is 3.83. The highest BCUT2D eigenvalue weighted by atomic mass is 35.5. The van der Waals surface area contributed by atoms with Gasteiger partial charge in [-0.05, 0) is 0 Å². The average molecular weight is 188 g/mol. The summed E-state index contributed by atoms with van der Waals surface area (Å²) in [4.78, 5) is 2.10. The van der Waals surface area contributed by atoms with E-state index >= 15 is 0 Å². The molecule has 4 heteroatoms. The van der Waals surface area contributed by atoms with E-state index in [0.29, 0.717) is 0 Å². The van der Waals surface area contributed by atoms with Crippen LogP contribution >= 0.6 is 11.6 Å². The van der Waals surface area contributed by atoms with Gasteiger partial charge in [-0.25, -0.2) is 4.90 Å². The molecule has 1 aliphatic rings. The van der Waals surface area contributed by atoms with Gasteiger partial charge in [0.05, 0.1) is 6.67 Å². The predicted octanol–water partition coefficient (Wildman–Crippen LogP) is 1.61. The van der Waals surface area contributed by atoms with Crippen LogP contribution in [-0.4, -0.2) is 33.8 Å². The molecular formula is C8H14ClN3. The quantitative estimate of drug-likeness (QED) is 0.491. The molecule has 1 unspecified atom stereocenters. The standard InChI is InChI=1S/C8H14ClN3/c1-4-10-7-11(5-2)12(6-3)8(10)9/h5-6,8H,2-4,7H2,1H3. The second-order valence-corrected chi connectivity index (χ2v) is 2.93. The lowest BCUT2D eigenvalue weighted by molar-refractivity contribution is 0.132. The maximum atomic E-state index is 6.11. The fourth-order valence-electron chi connectivity index (χ4n) is 1.21. The Morgan fingerprint density at radius 2 is 2.17 bits per heavy atom. The number of hydrogen-bond acceptors (Lipinski definition) is 3. The predicted molar refractivity (Wildman–Crippen MR) is 51.0 cm³/mol. The van der Waals surface area contributed by atoms with Crippen LogP contribution in [0.5, 0.6) is 0 Å². The van der Waals surface area contributed by atoms with Crippen LogP contribution in [0.4, 0.5) is 0 Å². The van der Waals surface area contributed by atoms with Crippen molar-refractivity contribution >= 4 is 11.6 Å². The number of nitrogens with zero attached hydrogens (tertiary/aromatic N) is 3. The van der Waals surface area contributed by atoms with E-state index in [0.717, 1.165) is 13.2 Å². The van der Waals surface area contributed by atoms with E-state index in [9.17, 15) is 0 Å². The van der Waals surface area contributed by atoms with Crippen LogP contribution in [0.25, 0.3) is 0 Å². The van der Waals surface area contributed by atoms with Crippen LogP contribution in [-0.2, 0) is 0 Å². The normalized spacial score (nSPS) is 24.7. The summed E-state index contributed by atoms with van der Waals surface area (Å²) in [6.07, 6.45) is 3.45. The van der Waals surface area contributed by atoms with Crippen molar-refractivity contribution < 1.29 is 0 Å². The van der Waals surface area contributed by atoms with Crippen LogP contribution in [0.3, 0.4) is 0 Å². The summed E-state index contributed by atoms with van der Waals surface area (Å²) in [6, 6.07) is 0.